The maximum Gasteiger partial charge on any atom is 0.216 e. The van der Waals surface area contributed by atoms with Gasteiger partial charge in [0.1, 0.15) is 0 Å². The molecule has 1 aliphatic rings. The Morgan fingerprint density at radius 1 is 1.33 bits per heavy atom. The summed E-state index contributed by atoms with van der Waals surface area (Å²) in [4.78, 5) is 0. The van der Waals surface area contributed by atoms with Crippen molar-refractivity contribution in [1.29, 1.82) is 0 Å². The van der Waals surface area contributed by atoms with Gasteiger partial charge in [-0.2, -0.15) is 0 Å². The molecule has 1 fully saturated rings. The van der Waals surface area contributed by atoms with Crippen molar-refractivity contribution in [3.8, 4) is 0 Å². The molecule has 1 heterocycles. The summed E-state index contributed by atoms with van der Waals surface area (Å²) < 4.78 is 24.8. The van der Waals surface area contributed by atoms with Crippen LogP contribution >= 0.6 is 0 Å². The van der Waals surface area contributed by atoms with Gasteiger partial charge < -0.3 is 5.11 Å². The minimum Gasteiger partial charge on any atom is -0.395 e. The number of aliphatic hydroxyl groups is 1. The van der Waals surface area contributed by atoms with Crippen LogP contribution in [0.4, 0.5) is 0 Å². The largest absolute Gasteiger partial charge is 0.395 e. The Bertz CT molecular complexity index is 292. The molecule has 0 aromatic rings. The van der Waals surface area contributed by atoms with Crippen LogP contribution in [0.5, 0.6) is 0 Å². The second-order valence-corrected chi connectivity index (χ2v) is 6.69. The van der Waals surface area contributed by atoms with Crippen molar-refractivity contribution in [2.24, 2.45) is 5.41 Å². The van der Waals surface area contributed by atoms with E-state index in [1.54, 1.807) is 0 Å². The molecule has 0 bridgehead atoms. The molecule has 0 radical (unpaired) electrons. The van der Waals surface area contributed by atoms with Gasteiger partial charge in [0.25, 0.3) is 0 Å². The first-order valence-electron chi connectivity index (χ1n) is 5.52. The van der Waals surface area contributed by atoms with Crippen molar-refractivity contribution < 1.29 is 13.5 Å². The standard InChI is InChI=1S/C10H21NO3S/c1-3-10(2)4-6-11(7-5-10)15(13,14)9-8-12/h12H,3-9H2,1-2H3. The molecule has 15 heavy (non-hydrogen) atoms. The molecule has 0 unspecified atom stereocenters. The van der Waals surface area contributed by atoms with Crippen LogP contribution in [0.1, 0.15) is 33.1 Å². The number of piperidine rings is 1. The van der Waals surface area contributed by atoms with E-state index in [0.29, 0.717) is 18.5 Å². The quantitative estimate of drug-likeness (QED) is 0.785. The van der Waals surface area contributed by atoms with Crippen LogP contribution in [0.3, 0.4) is 0 Å². The zero-order valence-electron chi connectivity index (χ0n) is 9.57. The fraction of sp³-hybridized carbons (Fsp3) is 1.00. The van der Waals surface area contributed by atoms with Crippen molar-refractivity contribution in [1.82, 2.24) is 4.31 Å². The van der Waals surface area contributed by atoms with Crippen molar-refractivity contribution in [2.45, 2.75) is 33.1 Å². The number of nitrogens with zero attached hydrogens (tertiary/aromatic N) is 1. The van der Waals surface area contributed by atoms with Gasteiger partial charge in [-0.15, -0.1) is 0 Å². The van der Waals surface area contributed by atoms with Gasteiger partial charge in [0, 0.05) is 13.1 Å². The van der Waals surface area contributed by atoms with E-state index in [1.807, 2.05) is 0 Å². The van der Waals surface area contributed by atoms with E-state index in [0.717, 1.165) is 19.3 Å². The lowest BCUT2D eigenvalue weighted by Gasteiger charge is -2.38. The van der Waals surface area contributed by atoms with Gasteiger partial charge >= 0.3 is 0 Å². The summed E-state index contributed by atoms with van der Waals surface area (Å²) in [5, 5.41) is 8.68. The topological polar surface area (TPSA) is 57.6 Å². The monoisotopic (exact) mass is 235 g/mol. The summed E-state index contributed by atoms with van der Waals surface area (Å²) in [7, 11) is -3.21. The molecular weight excluding hydrogens is 214 g/mol. The molecule has 1 aliphatic heterocycles. The van der Waals surface area contributed by atoms with E-state index >= 15 is 0 Å². The minimum absolute atomic E-state index is 0.143. The van der Waals surface area contributed by atoms with Gasteiger partial charge in [-0.05, 0) is 18.3 Å². The van der Waals surface area contributed by atoms with Crippen LogP contribution in [0.2, 0.25) is 0 Å². The maximum absolute atomic E-state index is 11.7. The second-order valence-electron chi connectivity index (χ2n) is 4.60. The molecule has 4 nitrogen and oxygen atoms in total. The van der Waals surface area contributed by atoms with E-state index in [2.05, 4.69) is 13.8 Å². The van der Waals surface area contributed by atoms with Crippen LogP contribution in [0.15, 0.2) is 0 Å². The molecule has 0 saturated carbocycles. The summed E-state index contributed by atoms with van der Waals surface area (Å²) in [6.45, 7) is 5.28. The second kappa shape index (κ2) is 4.80. The highest BCUT2D eigenvalue weighted by molar-refractivity contribution is 7.89. The summed E-state index contributed by atoms with van der Waals surface area (Å²) in [6.07, 6.45) is 2.95. The third-order valence-corrected chi connectivity index (χ3v) is 5.38. The average molecular weight is 235 g/mol. The van der Waals surface area contributed by atoms with Crippen LogP contribution in [-0.4, -0.2) is 43.3 Å². The molecule has 0 aliphatic carbocycles. The predicted molar refractivity (Wildman–Crippen MR) is 60.1 cm³/mol. The number of hydrogen-bond donors (Lipinski definition) is 1. The van der Waals surface area contributed by atoms with Gasteiger partial charge in [0.15, 0.2) is 0 Å². The normalized spacial score (nSPS) is 22.9. The number of sulfonamides is 1. The van der Waals surface area contributed by atoms with Gasteiger partial charge in [-0.25, -0.2) is 12.7 Å². The lowest BCUT2D eigenvalue weighted by molar-refractivity contribution is 0.168. The van der Waals surface area contributed by atoms with Crippen LogP contribution in [0.25, 0.3) is 0 Å². The maximum atomic E-state index is 11.7. The molecule has 0 aromatic carbocycles. The average Bonchev–Trinajstić information content (AvgIpc) is 2.18. The molecule has 5 heteroatoms. The molecule has 1 saturated heterocycles. The van der Waals surface area contributed by atoms with E-state index in [9.17, 15) is 8.42 Å². The summed E-state index contributed by atoms with van der Waals surface area (Å²) in [6, 6.07) is 0. The smallest absolute Gasteiger partial charge is 0.216 e. The Balaban J connectivity index is 2.58. The molecule has 0 aromatic heterocycles. The summed E-state index contributed by atoms with van der Waals surface area (Å²) >= 11 is 0. The summed E-state index contributed by atoms with van der Waals surface area (Å²) in [5.74, 6) is -0.143. The Hall–Kier alpha value is -0.130. The third-order valence-electron chi connectivity index (χ3n) is 3.53. The Morgan fingerprint density at radius 3 is 2.27 bits per heavy atom. The number of hydrogen-bond acceptors (Lipinski definition) is 3. The van der Waals surface area contributed by atoms with Gasteiger partial charge in [-0.1, -0.05) is 20.3 Å². The Labute approximate surface area is 92.3 Å². The zero-order chi connectivity index (χ0) is 11.5. The fourth-order valence-corrected chi connectivity index (χ4v) is 3.13. The predicted octanol–water partition coefficient (Wildman–Crippen LogP) is 0.821. The lowest BCUT2D eigenvalue weighted by atomic mass is 9.79. The molecule has 1 N–H and O–H groups in total. The van der Waals surface area contributed by atoms with Crippen molar-refractivity contribution >= 4 is 10.0 Å². The van der Waals surface area contributed by atoms with Crippen molar-refractivity contribution in [2.75, 3.05) is 25.4 Å². The fourth-order valence-electron chi connectivity index (χ4n) is 1.90. The Morgan fingerprint density at radius 2 is 1.87 bits per heavy atom. The Kier molecular flexibility index (Phi) is 4.14. The van der Waals surface area contributed by atoms with E-state index in [-0.39, 0.29) is 12.4 Å². The van der Waals surface area contributed by atoms with Crippen LogP contribution in [0, 0.1) is 5.41 Å². The zero-order valence-corrected chi connectivity index (χ0v) is 10.4. The van der Waals surface area contributed by atoms with Crippen molar-refractivity contribution in [3.63, 3.8) is 0 Å². The first kappa shape index (κ1) is 12.9. The highest BCUT2D eigenvalue weighted by atomic mass is 32.2. The number of rotatable bonds is 4. The van der Waals surface area contributed by atoms with Crippen molar-refractivity contribution in [3.05, 3.63) is 0 Å². The van der Waals surface area contributed by atoms with E-state index < -0.39 is 10.0 Å². The highest BCUT2D eigenvalue weighted by Crippen LogP contribution is 2.34. The van der Waals surface area contributed by atoms with Crippen LogP contribution in [-0.2, 0) is 10.0 Å². The SMILES string of the molecule is CCC1(C)CCN(S(=O)(=O)CCO)CC1. The van der Waals surface area contributed by atoms with E-state index in [1.165, 1.54) is 4.31 Å². The highest BCUT2D eigenvalue weighted by Gasteiger charge is 2.32. The molecule has 90 valence electrons. The molecule has 0 amide bonds. The lowest BCUT2D eigenvalue weighted by Crippen LogP contribution is -2.43. The number of aliphatic hydroxyl groups excluding tert-OH is 1. The first-order chi connectivity index (χ1) is 6.93. The molecule has 0 spiro atoms. The van der Waals surface area contributed by atoms with Gasteiger partial charge in [-0.3, -0.25) is 0 Å². The first-order valence-corrected chi connectivity index (χ1v) is 7.13. The van der Waals surface area contributed by atoms with Gasteiger partial charge in [0.2, 0.25) is 10.0 Å². The summed E-state index contributed by atoms with van der Waals surface area (Å²) in [5.41, 5.74) is 0.297. The molecule has 1 rings (SSSR count). The van der Waals surface area contributed by atoms with Gasteiger partial charge in [0.05, 0.1) is 12.4 Å². The minimum atomic E-state index is -3.21. The molecular formula is C10H21NO3S. The molecule has 0 atom stereocenters. The van der Waals surface area contributed by atoms with Crippen LogP contribution < -0.4 is 0 Å². The van der Waals surface area contributed by atoms with E-state index in [4.69, 9.17) is 5.11 Å². The third kappa shape index (κ3) is 3.16.